The van der Waals surface area contributed by atoms with Gasteiger partial charge in [-0.05, 0) is 24.3 Å². The molecule has 0 aliphatic heterocycles. The molecule has 0 aliphatic carbocycles. The highest BCUT2D eigenvalue weighted by molar-refractivity contribution is 7.92. The minimum atomic E-state index is -3.69. The van der Waals surface area contributed by atoms with Gasteiger partial charge in [0, 0.05) is 10.4 Å². The van der Waals surface area contributed by atoms with E-state index < -0.39 is 10.0 Å². The highest BCUT2D eigenvalue weighted by Gasteiger charge is 2.16. The highest BCUT2D eigenvalue weighted by atomic mass is 35.5. The van der Waals surface area contributed by atoms with Gasteiger partial charge in [-0.1, -0.05) is 29.8 Å². The number of nitrogens with zero attached hydrogens (tertiary/aromatic N) is 1. The number of sulfonamides is 1. The Morgan fingerprint density at radius 1 is 1.15 bits per heavy atom. The fourth-order valence-electron chi connectivity index (χ4n) is 1.89. The van der Waals surface area contributed by atoms with E-state index in [1.165, 1.54) is 12.1 Å². The van der Waals surface area contributed by atoms with Crippen molar-refractivity contribution in [1.29, 1.82) is 0 Å². The molecule has 0 atom stereocenters. The van der Waals surface area contributed by atoms with Gasteiger partial charge in [-0.2, -0.15) is 5.10 Å². The number of fused-ring (bicyclic) bond motifs is 1. The summed E-state index contributed by atoms with van der Waals surface area (Å²) < 4.78 is 27.2. The van der Waals surface area contributed by atoms with E-state index in [0.29, 0.717) is 16.2 Å². The summed E-state index contributed by atoms with van der Waals surface area (Å²) in [4.78, 5) is 0.113. The van der Waals surface area contributed by atoms with Crippen molar-refractivity contribution in [1.82, 2.24) is 10.2 Å². The number of aromatic amines is 1. The van der Waals surface area contributed by atoms with Crippen LogP contribution in [0.3, 0.4) is 0 Å². The summed E-state index contributed by atoms with van der Waals surface area (Å²) in [5, 5.41) is 7.87. The van der Waals surface area contributed by atoms with Crippen LogP contribution in [0.25, 0.3) is 10.9 Å². The molecule has 3 aromatic rings. The summed E-state index contributed by atoms with van der Waals surface area (Å²) in [7, 11) is -3.69. The van der Waals surface area contributed by atoms with Crippen LogP contribution in [0, 0.1) is 0 Å². The molecule has 0 spiro atoms. The lowest BCUT2D eigenvalue weighted by Gasteiger charge is -2.09. The Morgan fingerprint density at radius 3 is 2.75 bits per heavy atom. The van der Waals surface area contributed by atoms with Gasteiger partial charge in [0.1, 0.15) is 0 Å². The van der Waals surface area contributed by atoms with Gasteiger partial charge in [-0.3, -0.25) is 9.82 Å². The molecule has 2 N–H and O–H groups in total. The van der Waals surface area contributed by atoms with E-state index in [9.17, 15) is 8.42 Å². The maximum atomic E-state index is 12.3. The average Bonchev–Trinajstić information content (AvgIpc) is 2.88. The summed E-state index contributed by atoms with van der Waals surface area (Å²) in [5.41, 5.74) is 1.08. The molecule has 3 rings (SSSR count). The van der Waals surface area contributed by atoms with Crippen molar-refractivity contribution in [3.63, 3.8) is 0 Å². The van der Waals surface area contributed by atoms with Gasteiger partial charge in [-0.15, -0.1) is 0 Å². The Hall–Kier alpha value is -2.05. The van der Waals surface area contributed by atoms with Gasteiger partial charge >= 0.3 is 0 Å². The number of anilines is 1. The van der Waals surface area contributed by atoms with Crippen LogP contribution in [0.4, 0.5) is 5.69 Å². The molecule has 0 bridgehead atoms. The summed E-state index contributed by atoms with van der Waals surface area (Å²) >= 11 is 5.82. The number of benzene rings is 2. The minimum Gasteiger partial charge on any atom is -0.277 e. The smallest absolute Gasteiger partial charge is 0.262 e. The Balaban J connectivity index is 2.04. The SMILES string of the molecule is O=S(=O)(Nc1cccc2cn[nH]c12)c1cccc(Cl)c1. The summed E-state index contributed by atoms with van der Waals surface area (Å²) in [6.45, 7) is 0. The molecule has 0 fully saturated rings. The van der Waals surface area contributed by atoms with Crippen LogP contribution >= 0.6 is 11.6 Å². The van der Waals surface area contributed by atoms with Crippen molar-refractivity contribution in [2.24, 2.45) is 0 Å². The van der Waals surface area contributed by atoms with E-state index in [-0.39, 0.29) is 4.90 Å². The van der Waals surface area contributed by atoms with Crippen LogP contribution in [0.15, 0.2) is 53.6 Å². The predicted molar refractivity (Wildman–Crippen MR) is 78.4 cm³/mol. The van der Waals surface area contributed by atoms with Gasteiger partial charge < -0.3 is 0 Å². The standard InChI is InChI=1S/C13H10ClN3O2S/c14-10-4-2-5-11(7-10)20(18,19)17-12-6-1-3-9-8-15-16-13(9)12/h1-8,17H,(H,15,16). The van der Waals surface area contributed by atoms with E-state index in [4.69, 9.17) is 11.6 Å². The topological polar surface area (TPSA) is 74.8 Å². The van der Waals surface area contributed by atoms with Crippen molar-refractivity contribution in [2.75, 3.05) is 4.72 Å². The quantitative estimate of drug-likeness (QED) is 0.781. The summed E-state index contributed by atoms with van der Waals surface area (Å²) in [5.74, 6) is 0. The summed E-state index contributed by atoms with van der Waals surface area (Å²) in [6, 6.07) is 11.4. The molecular weight excluding hydrogens is 298 g/mol. The third-order valence-electron chi connectivity index (χ3n) is 2.83. The van der Waals surface area contributed by atoms with E-state index in [1.54, 1.807) is 30.5 Å². The number of hydrogen-bond acceptors (Lipinski definition) is 3. The van der Waals surface area contributed by atoms with E-state index in [1.807, 2.05) is 6.07 Å². The second-order valence-corrected chi connectivity index (χ2v) is 6.32. The van der Waals surface area contributed by atoms with E-state index in [2.05, 4.69) is 14.9 Å². The molecule has 5 nitrogen and oxygen atoms in total. The number of hydrogen-bond donors (Lipinski definition) is 2. The van der Waals surface area contributed by atoms with Gasteiger partial charge in [-0.25, -0.2) is 8.42 Å². The number of halogens is 1. The van der Waals surface area contributed by atoms with Crippen molar-refractivity contribution in [3.8, 4) is 0 Å². The molecule has 0 amide bonds. The monoisotopic (exact) mass is 307 g/mol. The Kier molecular flexibility index (Phi) is 3.11. The average molecular weight is 308 g/mol. The second kappa shape index (κ2) is 4.81. The number of aromatic nitrogens is 2. The zero-order valence-electron chi connectivity index (χ0n) is 10.2. The molecule has 0 saturated carbocycles. The Morgan fingerprint density at radius 2 is 1.95 bits per heavy atom. The number of H-pyrrole nitrogens is 1. The molecule has 102 valence electrons. The molecule has 1 heterocycles. The Bertz CT molecular complexity index is 874. The first-order valence-electron chi connectivity index (χ1n) is 5.77. The largest absolute Gasteiger partial charge is 0.277 e. The molecule has 0 unspecified atom stereocenters. The zero-order valence-corrected chi connectivity index (χ0v) is 11.7. The van der Waals surface area contributed by atoms with E-state index in [0.717, 1.165) is 5.39 Å². The molecule has 0 saturated heterocycles. The van der Waals surface area contributed by atoms with Crippen LogP contribution in [-0.4, -0.2) is 18.6 Å². The minimum absolute atomic E-state index is 0.113. The van der Waals surface area contributed by atoms with Crippen LogP contribution < -0.4 is 4.72 Å². The zero-order chi connectivity index (χ0) is 14.2. The van der Waals surface area contributed by atoms with Crippen LogP contribution in [-0.2, 0) is 10.0 Å². The van der Waals surface area contributed by atoms with Gasteiger partial charge in [0.05, 0.1) is 22.3 Å². The van der Waals surface area contributed by atoms with Crippen molar-refractivity contribution in [2.45, 2.75) is 4.90 Å². The fourth-order valence-corrected chi connectivity index (χ4v) is 3.26. The number of nitrogens with one attached hydrogen (secondary N) is 2. The number of rotatable bonds is 3. The maximum absolute atomic E-state index is 12.3. The van der Waals surface area contributed by atoms with E-state index >= 15 is 0 Å². The molecular formula is C13H10ClN3O2S. The normalized spacial score (nSPS) is 11.7. The first-order valence-corrected chi connectivity index (χ1v) is 7.63. The van der Waals surface area contributed by atoms with Crippen LogP contribution in [0.2, 0.25) is 5.02 Å². The molecule has 20 heavy (non-hydrogen) atoms. The first kappa shape index (κ1) is 13.0. The van der Waals surface area contributed by atoms with Gasteiger partial charge in [0.15, 0.2) is 0 Å². The third kappa shape index (κ3) is 2.35. The molecule has 0 radical (unpaired) electrons. The molecule has 7 heteroatoms. The van der Waals surface area contributed by atoms with Crippen molar-refractivity contribution in [3.05, 3.63) is 53.7 Å². The fraction of sp³-hybridized carbons (Fsp3) is 0. The first-order chi connectivity index (χ1) is 9.56. The van der Waals surface area contributed by atoms with Gasteiger partial charge in [0.2, 0.25) is 0 Å². The van der Waals surface area contributed by atoms with Crippen LogP contribution in [0.1, 0.15) is 0 Å². The van der Waals surface area contributed by atoms with Crippen molar-refractivity contribution >= 4 is 38.2 Å². The lowest BCUT2D eigenvalue weighted by molar-refractivity contribution is 0.601. The van der Waals surface area contributed by atoms with Crippen molar-refractivity contribution < 1.29 is 8.42 Å². The number of para-hydroxylation sites is 1. The van der Waals surface area contributed by atoms with Gasteiger partial charge in [0.25, 0.3) is 10.0 Å². The Labute approximate surface area is 120 Å². The third-order valence-corrected chi connectivity index (χ3v) is 4.43. The lowest BCUT2D eigenvalue weighted by atomic mass is 10.2. The molecule has 0 aliphatic rings. The summed E-state index contributed by atoms with van der Waals surface area (Å²) in [6.07, 6.45) is 1.63. The second-order valence-electron chi connectivity index (χ2n) is 4.20. The lowest BCUT2D eigenvalue weighted by Crippen LogP contribution is -2.13. The molecule has 1 aromatic heterocycles. The predicted octanol–water partition coefficient (Wildman–Crippen LogP) is 3.02. The van der Waals surface area contributed by atoms with Crippen LogP contribution in [0.5, 0.6) is 0 Å². The molecule has 2 aromatic carbocycles. The maximum Gasteiger partial charge on any atom is 0.262 e. The highest BCUT2D eigenvalue weighted by Crippen LogP contribution is 2.24.